The van der Waals surface area contributed by atoms with Crippen LogP contribution in [0.4, 0.5) is 0 Å². The van der Waals surface area contributed by atoms with E-state index >= 15 is 0 Å². The van der Waals surface area contributed by atoms with E-state index in [4.69, 9.17) is 11.6 Å². The summed E-state index contributed by atoms with van der Waals surface area (Å²) >= 11 is 9.41. The van der Waals surface area contributed by atoms with Crippen LogP contribution in [0.2, 0.25) is 5.02 Å². The first-order valence-corrected chi connectivity index (χ1v) is 6.25. The summed E-state index contributed by atoms with van der Waals surface area (Å²) in [6, 6.07) is 12.2. The highest BCUT2D eigenvalue weighted by atomic mass is 35.5. The maximum absolute atomic E-state index is 5.81. The van der Waals surface area contributed by atoms with E-state index in [9.17, 15) is 0 Å². The first-order valence-electron chi connectivity index (χ1n) is 4.24. The molecule has 0 atom stereocenters. The minimum Gasteiger partial charge on any atom is -0.134 e. The quantitative estimate of drug-likeness (QED) is 0.722. The van der Waals surface area contributed by atoms with Crippen molar-refractivity contribution in [2.24, 2.45) is 0 Å². The van der Waals surface area contributed by atoms with Crippen LogP contribution in [0.15, 0.2) is 45.5 Å². The van der Waals surface area contributed by atoms with Gasteiger partial charge in [0.05, 0.1) is 4.21 Å². The van der Waals surface area contributed by atoms with Gasteiger partial charge in [-0.1, -0.05) is 23.4 Å². The Bertz CT molecular complexity index is 417. The molecule has 1 heterocycles. The molecule has 0 fully saturated rings. The average Bonchev–Trinajstić information content (AvgIpc) is 2.56. The van der Waals surface area contributed by atoms with E-state index in [2.05, 4.69) is 19.1 Å². The zero-order valence-electron chi connectivity index (χ0n) is 7.66. The molecule has 0 bridgehead atoms. The van der Waals surface area contributed by atoms with Crippen molar-refractivity contribution in [3.05, 3.63) is 46.3 Å². The summed E-state index contributed by atoms with van der Waals surface area (Å²) in [7, 11) is 0. The van der Waals surface area contributed by atoms with Crippen molar-refractivity contribution in [2.45, 2.75) is 16.0 Å². The minimum atomic E-state index is 0.789. The number of aryl methyl sites for hydroxylation is 1. The lowest BCUT2D eigenvalue weighted by molar-refractivity contribution is 1.46. The van der Waals surface area contributed by atoms with Gasteiger partial charge >= 0.3 is 0 Å². The number of hydrogen-bond acceptors (Lipinski definition) is 2. The maximum atomic E-state index is 5.81. The Hall–Kier alpha value is -0.440. The normalized spacial score (nSPS) is 10.4. The van der Waals surface area contributed by atoms with Crippen molar-refractivity contribution < 1.29 is 0 Å². The Morgan fingerprint density at radius 3 is 2.36 bits per heavy atom. The Kier molecular flexibility index (Phi) is 3.16. The van der Waals surface area contributed by atoms with E-state index in [0.29, 0.717) is 0 Å². The Morgan fingerprint density at radius 2 is 1.79 bits per heavy atom. The summed E-state index contributed by atoms with van der Waals surface area (Å²) in [6.45, 7) is 2.12. The van der Waals surface area contributed by atoms with Crippen LogP contribution in [0, 0.1) is 6.92 Å². The largest absolute Gasteiger partial charge is 0.134 e. The predicted octanol–water partition coefficient (Wildman–Crippen LogP) is 4.86. The van der Waals surface area contributed by atoms with Gasteiger partial charge in [0.2, 0.25) is 0 Å². The molecule has 72 valence electrons. The molecule has 1 aromatic carbocycles. The van der Waals surface area contributed by atoms with Crippen LogP contribution in [0.25, 0.3) is 0 Å². The van der Waals surface area contributed by atoms with Gasteiger partial charge in [-0.3, -0.25) is 0 Å². The highest BCUT2D eigenvalue weighted by Gasteiger charge is 1.99. The summed E-state index contributed by atoms with van der Waals surface area (Å²) in [5.41, 5.74) is 0. The molecule has 2 aromatic rings. The molecule has 3 heteroatoms. The monoisotopic (exact) mass is 240 g/mol. The van der Waals surface area contributed by atoms with Gasteiger partial charge in [-0.25, -0.2) is 0 Å². The zero-order chi connectivity index (χ0) is 9.97. The lowest BCUT2D eigenvalue weighted by Crippen LogP contribution is -1.68. The van der Waals surface area contributed by atoms with Gasteiger partial charge in [0.25, 0.3) is 0 Å². The van der Waals surface area contributed by atoms with Crippen molar-refractivity contribution in [1.29, 1.82) is 0 Å². The molecule has 14 heavy (non-hydrogen) atoms. The van der Waals surface area contributed by atoms with E-state index in [0.717, 1.165) is 5.02 Å². The third-order valence-corrected chi connectivity index (χ3v) is 4.14. The van der Waals surface area contributed by atoms with E-state index < -0.39 is 0 Å². The van der Waals surface area contributed by atoms with Crippen LogP contribution in [-0.2, 0) is 0 Å². The number of hydrogen-bond donors (Lipinski definition) is 0. The summed E-state index contributed by atoms with van der Waals surface area (Å²) in [5, 5.41) is 0.789. The van der Waals surface area contributed by atoms with Crippen molar-refractivity contribution in [1.82, 2.24) is 0 Å². The van der Waals surface area contributed by atoms with E-state index in [1.807, 2.05) is 35.6 Å². The molecule has 0 aliphatic carbocycles. The molecule has 0 spiro atoms. The average molecular weight is 241 g/mol. The topological polar surface area (TPSA) is 0 Å². The fourth-order valence-corrected chi connectivity index (χ4v) is 3.29. The van der Waals surface area contributed by atoms with Crippen LogP contribution in [0.5, 0.6) is 0 Å². The molecular weight excluding hydrogens is 232 g/mol. The second-order valence-electron chi connectivity index (χ2n) is 2.92. The Labute approximate surface area is 96.9 Å². The first-order chi connectivity index (χ1) is 6.74. The smallest absolute Gasteiger partial charge is 0.0649 e. The molecule has 0 unspecified atom stereocenters. The van der Waals surface area contributed by atoms with Crippen LogP contribution < -0.4 is 0 Å². The molecule has 0 aliphatic rings. The lowest BCUT2D eigenvalue weighted by atomic mass is 10.4. The van der Waals surface area contributed by atoms with Gasteiger partial charge in [0, 0.05) is 14.8 Å². The third kappa shape index (κ3) is 2.53. The van der Waals surface area contributed by atoms with Crippen LogP contribution in [-0.4, -0.2) is 0 Å². The number of benzene rings is 1. The first kappa shape index (κ1) is 10.1. The van der Waals surface area contributed by atoms with Crippen LogP contribution in [0.3, 0.4) is 0 Å². The van der Waals surface area contributed by atoms with Crippen LogP contribution in [0.1, 0.15) is 4.88 Å². The summed E-state index contributed by atoms with van der Waals surface area (Å²) in [6.07, 6.45) is 0. The molecule has 0 saturated heterocycles. The lowest BCUT2D eigenvalue weighted by Gasteiger charge is -1.97. The van der Waals surface area contributed by atoms with Gasteiger partial charge in [-0.05, 0) is 43.3 Å². The fourth-order valence-electron chi connectivity index (χ4n) is 1.09. The van der Waals surface area contributed by atoms with Gasteiger partial charge in [0.1, 0.15) is 0 Å². The second kappa shape index (κ2) is 4.39. The molecule has 1 aromatic heterocycles. The molecule has 0 aliphatic heterocycles. The van der Waals surface area contributed by atoms with Gasteiger partial charge < -0.3 is 0 Å². The predicted molar refractivity (Wildman–Crippen MR) is 64.6 cm³/mol. The summed E-state index contributed by atoms with van der Waals surface area (Å²) in [4.78, 5) is 2.58. The third-order valence-electron chi connectivity index (χ3n) is 1.75. The number of rotatable bonds is 2. The van der Waals surface area contributed by atoms with Gasteiger partial charge in [0.15, 0.2) is 0 Å². The molecule has 0 N–H and O–H groups in total. The maximum Gasteiger partial charge on any atom is 0.0649 e. The Balaban J connectivity index is 2.15. The second-order valence-corrected chi connectivity index (χ2v) is 6.02. The molecule has 0 radical (unpaired) electrons. The van der Waals surface area contributed by atoms with Gasteiger partial charge in [-0.15, -0.1) is 11.3 Å². The summed E-state index contributed by atoms with van der Waals surface area (Å²) < 4.78 is 1.32. The molecular formula is C11H9ClS2. The molecule has 0 amide bonds. The van der Waals surface area contributed by atoms with Gasteiger partial charge in [-0.2, -0.15) is 0 Å². The van der Waals surface area contributed by atoms with Crippen LogP contribution >= 0.6 is 34.7 Å². The van der Waals surface area contributed by atoms with E-state index in [-0.39, 0.29) is 0 Å². The van der Waals surface area contributed by atoms with E-state index in [1.54, 1.807) is 11.8 Å². The SMILES string of the molecule is Cc1ccc(Sc2ccc(Cl)cc2)s1. The zero-order valence-corrected chi connectivity index (χ0v) is 10.0. The van der Waals surface area contributed by atoms with E-state index in [1.165, 1.54) is 14.0 Å². The number of thiophene rings is 1. The Morgan fingerprint density at radius 1 is 1.07 bits per heavy atom. The molecule has 0 saturated carbocycles. The molecule has 2 rings (SSSR count). The number of halogens is 1. The highest BCUT2D eigenvalue weighted by Crippen LogP contribution is 2.33. The highest BCUT2D eigenvalue weighted by molar-refractivity contribution is 8.01. The summed E-state index contributed by atoms with van der Waals surface area (Å²) in [5.74, 6) is 0. The molecule has 0 nitrogen and oxygen atoms in total. The minimum absolute atomic E-state index is 0.789. The van der Waals surface area contributed by atoms with Crippen molar-refractivity contribution >= 4 is 34.7 Å². The van der Waals surface area contributed by atoms with Crippen molar-refractivity contribution in [2.75, 3.05) is 0 Å². The van der Waals surface area contributed by atoms with Crippen molar-refractivity contribution in [3.63, 3.8) is 0 Å². The standard InChI is InChI=1S/C11H9ClS2/c1-8-2-7-11(13-8)14-10-5-3-9(12)4-6-10/h2-7H,1H3. The van der Waals surface area contributed by atoms with Crippen molar-refractivity contribution in [3.8, 4) is 0 Å². The fraction of sp³-hybridized carbons (Fsp3) is 0.0909.